The summed E-state index contributed by atoms with van der Waals surface area (Å²) in [7, 11) is 1.61. The Morgan fingerprint density at radius 3 is 2.89 bits per heavy atom. The second kappa shape index (κ2) is 6.04. The highest BCUT2D eigenvalue weighted by Crippen LogP contribution is 2.33. The summed E-state index contributed by atoms with van der Waals surface area (Å²) < 4.78 is 5.83. The maximum absolute atomic E-state index is 12.2. The van der Waals surface area contributed by atoms with Crippen LogP contribution in [0.1, 0.15) is 5.56 Å². The maximum atomic E-state index is 12.2. The molecule has 0 radical (unpaired) electrons. The van der Waals surface area contributed by atoms with Crippen molar-refractivity contribution in [1.29, 1.82) is 0 Å². The number of nitrogens with zero attached hydrogens (tertiary/aromatic N) is 1. The van der Waals surface area contributed by atoms with Crippen LogP contribution in [0.15, 0.2) is 41.8 Å². The number of carbonyl (C=O) groups is 1. The summed E-state index contributed by atoms with van der Waals surface area (Å²) in [6, 6.07) is 7.55. The highest BCUT2D eigenvalue weighted by atomic mass is 32.2. The molecule has 1 aromatic rings. The second-order valence-electron chi connectivity index (χ2n) is 3.82. The zero-order chi connectivity index (χ0) is 13.8. The third-order valence-electron chi connectivity index (χ3n) is 2.61. The Labute approximate surface area is 121 Å². The quantitative estimate of drug-likeness (QED) is 0.484. The standard InChI is InChI=1S/C14H13NO2S2/c1-3-8-15-13(16)12(19-14(15)18)9-10-6-4-5-7-11(10)17-2/h3-7,9H,1,8H2,2H3/b12-9-. The van der Waals surface area contributed by atoms with Gasteiger partial charge in [-0.15, -0.1) is 6.58 Å². The second-order valence-corrected chi connectivity index (χ2v) is 5.50. The van der Waals surface area contributed by atoms with Gasteiger partial charge in [0.1, 0.15) is 10.1 Å². The van der Waals surface area contributed by atoms with Crippen molar-refractivity contribution in [1.82, 2.24) is 4.90 Å². The Balaban J connectivity index is 2.32. The lowest BCUT2D eigenvalue weighted by Gasteiger charge is -2.10. The number of rotatable bonds is 4. The summed E-state index contributed by atoms with van der Waals surface area (Å²) in [5, 5.41) is 0. The van der Waals surface area contributed by atoms with Gasteiger partial charge in [0.05, 0.1) is 12.0 Å². The molecule has 1 saturated heterocycles. The summed E-state index contributed by atoms with van der Waals surface area (Å²) in [6.45, 7) is 4.07. The van der Waals surface area contributed by atoms with Gasteiger partial charge in [0.25, 0.3) is 5.91 Å². The molecule has 5 heteroatoms. The fourth-order valence-corrected chi connectivity index (χ4v) is 2.98. The third-order valence-corrected chi connectivity index (χ3v) is 3.99. The van der Waals surface area contributed by atoms with E-state index >= 15 is 0 Å². The molecule has 0 N–H and O–H groups in total. The van der Waals surface area contributed by atoms with E-state index < -0.39 is 0 Å². The SMILES string of the molecule is C=CCN1C(=O)/C(=C/c2ccccc2OC)SC1=S. The molecule has 0 spiro atoms. The summed E-state index contributed by atoms with van der Waals surface area (Å²) in [6.07, 6.45) is 3.47. The number of hydrogen-bond acceptors (Lipinski definition) is 4. The van der Waals surface area contributed by atoms with Crippen molar-refractivity contribution >= 4 is 40.3 Å². The Morgan fingerprint density at radius 2 is 2.21 bits per heavy atom. The fraction of sp³-hybridized carbons (Fsp3) is 0.143. The van der Waals surface area contributed by atoms with Crippen LogP contribution in [0.4, 0.5) is 0 Å². The number of carbonyl (C=O) groups excluding carboxylic acids is 1. The molecular weight excluding hydrogens is 278 g/mol. The molecule has 1 aliphatic heterocycles. The van der Waals surface area contributed by atoms with Crippen molar-refractivity contribution in [2.75, 3.05) is 13.7 Å². The molecule has 0 aromatic heterocycles. The van der Waals surface area contributed by atoms with Gasteiger partial charge in [-0.2, -0.15) is 0 Å². The highest BCUT2D eigenvalue weighted by molar-refractivity contribution is 8.26. The van der Waals surface area contributed by atoms with Crippen LogP contribution in [0.25, 0.3) is 6.08 Å². The molecule has 19 heavy (non-hydrogen) atoms. The van der Waals surface area contributed by atoms with Gasteiger partial charge in [-0.1, -0.05) is 48.3 Å². The van der Waals surface area contributed by atoms with Crippen molar-refractivity contribution in [3.05, 3.63) is 47.4 Å². The number of thioether (sulfide) groups is 1. The third kappa shape index (κ3) is 2.88. The largest absolute Gasteiger partial charge is 0.496 e. The lowest BCUT2D eigenvalue weighted by Crippen LogP contribution is -2.27. The first-order valence-electron chi connectivity index (χ1n) is 5.66. The molecule has 1 aliphatic rings. The number of benzene rings is 1. The first kappa shape index (κ1) is 13.8. The first-order valence-corrected chi connectivity index (χ1v) is 6.89. The Morgan fingerprint density at radius 1 is 1.47 bits per heavy atom. The van der Waals surface area contributed by atoms with Gasteiger partial charge in [-0.05, 0) is 12.1 Å². The smallest absolute Gasteiger partial charge is 0.266 e. The van der Waals surface area contributed by atoms with Crippen LogP contribution in [0, 0.1) is 0 Å². The minimum atomic E-state index is -0.0826. The van der Waals surface area contributed by atoms with Crippen molar-refractivity contribution in [2.45, 2.75) is 0 Å². The van der Waals surface area contributed by atoms with Gasteiger partial charge in [0.2, 0.25) is 0 Å². The Bertz CT molecular complexity index is 566. The number of amides is 1. The van der Waals surface area contributed by atoms with Gasteiger partial charge in [-0.3, -0.25) is 9.69 Å². The number of methoxy groups -OCH3 is 1. The lowest BCUT2D eigenvalue weighted by molar-refractivity contribution is -0.121. The topological polar surface area (TPSA) is 29.5 Å². The van der Waals surface area contributed by atoms with E-state index in [0.717, 1.165) is 11.3 Å². The zero-order valence-electron chi connectivity index (χ0n) is 10.5. The first-order chi connectivity index (χ1) is 9.17. The zero-order valence-corrected chi connectivity index (χ0v) is 12.1. The Kier molecular flexibility index (Phi) is 4.39. The van der Waals surface area contributed by atoms with E-state index in [9.17, 15) is 4.79 Å². The molecule has 1 heterocycles. The van der Waals surface area contributed by atoms with Crippen molar-refractivity contribution < 1.29 is 9.53 Å². The van der Waals surface area contributed by atoms with Crippen molar-refractivity contribution in [3.8, 4) is 5.75 Å². The summed E-state index contributed by atoms with van der Waals surface area (Å²) in [5.41, 5.74) is 0.865. The van der Waals surface area contributed by atoms with Crippen LogP contribution in [0.3, 0.4) is 0 Å². The van der Waals surface area contributed by atoms with E-state index in [0.29, 0.717) is 15.8 Å². The van der Waals surface area contributed by atoms with E-state index in [1.54, 1.807) is 19.3 Å². The van der Waals surface area contributed by atoms with Crippen LogP contribution in [0.5, 0.6) is 5.75 Å². The molecule has 1 aromatic carbocycles. The summed E-state index contributed by atoms with van der Waals surface area (Å²) in [4.78, 5) is 14.3. The number of ether oxygens (including phenoxy) is 1. The van der Waals surface area contributed by atoms with E-state index in [1.165, 1.54) is 16.7 Å². The fourth-order valence-electron chi connectivity index (χ4n) is 1.71. The van der Waals surface area contributed by atoms with Crippen LogP contribution < -0.4 is 4.74 Å². The molecule has 0 saturated carbocycles. The van der Waals surface area contributed by atoms with Crippen LogP contribution in [0.2, 0.25) is 0 Å². The molecule has 3 nitrogen and oxygen atoms in total. The molecule has 1 amide bonds. The molecule has 98 valence electrons. The van der Waals surface area contributed by atoms with Gasteiger partial charge in [-0.25, -0.2) is 0 Å². The van der Waals surface area contributed by atoms with Gasteiger partial charge in [0.15, 0.2) is 0 Å². The highest BCUT2D eigenvalue weighted by Gasteiger charge is 2.31. The van der Waals surface area contributed by atoms with Crippen LogP contribution in [-0.4, -0.2) is 28.8 Å². The average molecular weight is 291 g/mol. The average Bonchev–Trinajstić information content (AvgIpc) is 2.67. The van der Waals surface area contributed by atoms with Crippen LogP contribution in [-0.2, 0) is 4.79 Å². The van der Waals surface area contributed by atoms with E-state index in [4.69, 9.17) is 17.0 Å². The maximum Gasteiger partial charge on any atom is 0.266 e. The van der Waals surface area contributed by atoms with Crippen molar-refractivity contribution in [3.63, 3.8) is 0 Å². The minimum Gasteiger partial charge on any atom is -0.496 e. The monoisotopic (exact) mass is 291 g/mol. The summed E-state index contributed by atoms with van der Waals surface area (Å²) >= 11 is 6.49. The molecule has 2 rings (SSSR count). The van der Waals surface area contributed by atoms with Crippen molar-refractivity contribution in [2.24, 2.45) is 0 Å². The summed E-state index contributed by atoms with van der Waals surface area (Å²) in [5.74, 6) is 0.650. The van der Waals surface area contributed by atoms with Gasteiger partial charge < -0.3 is 4.74 Å². The van der Waals surface area contributed by atoms with E-state index in [-0.39, 0.29) is 5.91 Å². The molecule has 0 atom stereocenters. The van der Waals surface area contributed by atoms with Gasteiger partial charge >= 0.3 is 0 Å². The number of thiocarbonyl (C=S) groups is 1. The molecule has 0 unspecified atom stereocenters. The number of para-hydroxylation sites is 1. The van der Waals surface area contributed by atoms with E-state index in [1.807, 2.05) is 24.3 Å². The van der Waals surface area contributed by atoms with E-state index in [2.05, 4.69) is 6.58 Å². The molecule has 0 aliphatic carbocycles. The van der Waals surface area contributed by atoms with Gasteiger partial charge in [0, 0.05) is 12.1 Å². The molecule has 0 bridgehead atoms. The predicted octanol–water partition coefficient (Wildman–Crippen LogP) is 3.08. The predicted molar refractivity (Wildman–Crippen MR) is 83.1 cm³/mol. The minimum absolute atomic E-state index is 0.0826. The molecule has 1 fully saturated rings. The molecular formula is C14H13NO2S2. The Hall–Kier alpha value is -1.59. The van der Waals surface area contributed by atoms with Crippen LogP contribution >= 0.6 is 24.0 Å². The normalized spacial score (nSPS) is 17.1. The lowest BCUT2D eigenvalue weighted by atomic mass is 10.2. The number of hydrogen-bond donors (Lipinski definition) is 0.